The van der Waals surface area contributed by atoms with Crippen LogP contribution in [-0.2, 0) is 4.79 Å². The molecule has 2 atom stereocenters. The number of thioether (sulfide) groups is 1. The third-order valence-corrected chi connectivity index (χ3v) is 4.63. The summed E-state index contributed by atoms with van der Waals surface area (Å²) in [7, 11) is 0. The lowest BCUT2D eigenvalue weighted by atomic mass is 10.0. The van der Waals surface area contributed by atoms with Crippen molar-refractivity contribution in [3.63, 3.8) is 0 Å². The Hall–Kier alpha value is -1.04. The Balaban J connectivity index is 2.05. The standard InChI is InChI=1S/C14H24N4OS/c1-10(9-20-4)14(19)17-7-5-6-13(8-17)18-12(3)15-11(2)16-18/h10,13H,5-9H2,1-4H3/t10-,13+/m0/s1. The normalized spacial score (nSPS) is 21.0. The van der Waals surface area contributed by atoms with E-state index < -0.39 is 0 Å². The van der Waals surface area contributed by atoms with Crippen LogP contribution < -0.4 is 0 Å². The number of likely N-dealkylation sites (tertiary alicyclic amines) is 1. The Labute approximate surface area is 125 Å². The van der Waals surface area contributed by atoms with Gasteiger partial charge < -0.3 is 4.90 Å². The Morgan fingerprint density at radius 1 is 1.50 bits per heavy atom. The monoisotopic (exact) mass is 296 g/mol. The summed E-state index contributed by atoms with van der Waals surface area (Å²) < 4.78 is 1.99. The lowest BCUT2D eigenvalue weighted by Crippen LogP contribution is -2.43. The summed E-state index contributed by atoms with van der Waals surface area (Å²) >= 11 is 1.73. The van der Waals surface area contributed by atoms with Crippen molar-refractivity contribution < 1.29 is 4.79 Å². The zero-order chi connectivity index (χ0) is 14.7. The summed E-state index contributed by atoms with van der Waals surface area (Å²) in [5.41, 5.74) is 0. The van der Waals surface area contributed by atoms with Crippen molar-refractivity contribution in [2.75, 3.05) is 25.1 Å². The van der Waals surface area contributed by atoms with Crippen LogP contribution in [-0.4, -0.2) is 50.7 Å². The highest BCUT2D eigenvalue weighted by Crippen LogP contribution is 2.23. The van der Waals surface area contributed by atoms with E-state index in [1.807, 2.05) is 36.6 Å². The second-order valence-corrected chi connectivity index (χ2v) is 6.50. The van der Waals surface area contributed by atoms with Crippen LogP contribution in [0.2, 0.25) is 0 Å². The van der Waals surface area contributed by atoms with Gasteiger partial charge in [0, 0.05) is 24.8 Å². The van der Waals surface area contributed by atoms with Gasteiger partial charge in [-0.1, -0.05) is 6.92 Å². The maximum Gasteiger partial charge on any atom is 0.226 e. The van der Waals surface area contributed by atoms with Crippen molar-refractivity contribution in [1.82, 2.24) is 19.7 Å². The van der Waals surface area contributed by atoms with Crippen molar-refractivity contribution in [3.05, 3.63) is 11.6 Å². The molecule has 0 aromatic carbocycles. The molecule has 1 aliphatic rings. The van der Waals surface area contributed by atoms with Crippen molar-refractivity contribution >= 4 is 17.7 Å². The van der Waals surface area contributed by atoms with E-state index in [0.717, 1.165) is 43.3 Å². The van der Waals surface area contributed by atoms with E-state index in [1.165, 1.54) is 0 Å². The first-order valence-corrected chi connectivity index (χ1v) is 8.59. The summed E-state index contributed by atoms with van der Waals surface area (Å²) in [6.45, 7) is 7.56. The van der Waals surface area contributed by atoms with Crippen molar-refractivity contribution in [2.45, 2.75) is 39.7 Å². The maximum atomic E-state index is 12.4. The number of hydrogen-bond donors (Lipinski definition) is 0. The molecule has 112 valence electrons. The van der Waals surface area contributed by atoms with Gasteiger partial charge in [0.1, 0.15) is 11.6 Å². The summed E-state index contributed by atoms with van der Waals surface area (Å²) in [4.78, 5) is 18.8. The van der Waals surface area contributed by atoms with Gasteiger partial charge in [-0.05, 0) is 32.9 Å². The van der Waals surface area contributed by atoms with E-state index in [4.69, 9.17) is 0 Å². The highest BCUT2D eigenvalue weighted by molar-refractivity contribution is 7.98. The molecular formula is C14H24N4OS. The van der Waals surface area contributed by atoms with Crippen LogP contribution >= 0.6 is 11.8 Å². The number of carbonyl (C=O) groups is 1. The fourth-order valence-corrected chi connectivity index (χ4v) is 3.51. The zero-order valence-electron chi connectivity index (χ0n) is 12.8. The van der Waals surface area contributed by atoms with Gasteiger partial charge in [-0.15, -0.1) is 0 Å². The molecule has 1 fully saturated rings. The zero-order valence-corrected chi connectivity index (χ0v) is 13.6. The first-order valence-electron chi connectivity index (χ1n) is 7.20. The van der Waals surface area contributed by atoms with Crippen LogP contribution in [0.25, 0.3) is 0 Å². The molecule has 0 saturated carbocycles. The molecule has 2 rings (SSSR count). The Morgan fingerprint density at radius 2 is 2.25 bits per heavy atom. The quantitative estimate of drug-likeness (QED) is 0.853. The molecule has 2 heterocycles. The molecule has 0 N–H and O–H groups in total. The van der Waals surface area contributed by atoms with Crippen LogP contribution in [0.4, 0.5) is 0 Å². The average Bonchev–Trinajstić information content (AvgIpc) is 2.77. The molecule has 0 spiro atoms. The van der Waals surface area contributed by atoms with Gasteiger partial charge in [-0.2, -0.15) is 16.9 Å². The molecule has 1 aromatic rings. The van der Waals surface area contributed by atoms with Gasteiger partial charge in [0.05, 0.1) is 6.04 Å². The highest BCUT2D eigenvalue weighted by Gasteiger charge is 2.28. The van der Waals surface area contributed by atoms with Crippen molar-refractivity contribution in [3.8, 4) is 0 Å². The predicted octanol–water partition coefficient (Wildman–Crippen LogP) is 2.06. The molecule has 5 nitrogen and oxygen atoms in total. The third kappa shape index (κ3) is 3.34. The Bertz CT molecular complexity index is 474. The SMILES string of the molecule is CSC[C@H](C)C(=O)N1CCC[C@@H](n2nc(C)nc2C)C1. The van der Waals surface area contributed by atoms with E-state index in [0.29, 0.717) is 0 Å². The second kappa shape index (κ2) is 6.61. The fraction of sp³-hybridized carbons (Fsp3) is 0.786. The lowest BCUT2D eigenvalue weighted by molar-refractivity contribution is -0.136. The van der Waals surface area contributed by atoms with Crippen LogP contribution in [0.5, 0.6) is 0 Å². The van der Waals surface area contributed by atoms with E-state index in [-0.39, 0.29) is 17.9 Å². The summed E-state index contributed by atoms with van der Waals surface area (Å²) in [5, 5.41) is 4.47. The van der Waals surface area contributed by atoms with Crippen LogP contribution in [0, 0.1) is 19.8 Å². The van der Waals surface area contributed by atoms with Gasteiger partial charge >= 0.3 is 0 Å². The molecule has 1 aliphatic heterocycles. The van der Waals surface area contributed by atoms with Crippen LogP contribution in [0.15, 0.2) is 0 Å². The average molecular weight is 296 g/mol. The number of amides is 1. The first-order chi connectivity index (χ1) is 9.52. The van der Waals surface area contributed by atoms with Crippen molar-refractivity contribution in [1.29, 1.82) is 0 Å². The van der Waals surface area contributed by atoms with E-state index >= 15 is 0 Å². The molecule has 0 aliphatic carbocycles. The van der Waals surface area contributed by atoms with Crippen LogP contribution in [0.3, 0.4) is 0 Å². The molecule has 1 saturated heterocycles. The molecule has 0 unspecified atom stereocenters. The minimum Gasteiger partial charge on any atom is -0.340 e. The number of aromatic nitrogens is 3. The van der Waals surface area contributed by atoms with E-state index in [1.54, 1.807) is 11.8 Å². The smallest absolute Gasteiger partial charge is 0.226 e. The highest BCUT2D eigenvalue weighted by atomic mass is 32.2. The molecule has 20 heavy (non-hydrogen) atoms. The van der Waals surface area contributed by atoms with Gasteiger partial charge in [0.2, 0.25) is 5.91 Å². The minimum absolute atomic E-state index is 0.0994. The number of carbonyl (C=O) groups excluding carboxylic acids is 1. The molecule has 0 bridgehead atoms. The summed E-state index contributed by atoms with van der Waals surface area (Å²) in [5.74, 6) is 3.02. The topological polar surface area (TPSA) is 51.0 Å². The number of piperidine rings is 1. The number of nitrogens with zero attached hydrogens (tertiary/aromatic N) is 4. The van der Waals surface area contributed by atoms with Gasteiger partial charge in [0.15, 0.2) is 0 Å². The van der Waals surface area contributed by atoms with E-state index in [2.05, 4.69) is 10.1 Å². The number of hydrogen-bond acceptors (Lipinski definition) is 4. The van der Waals surface area contributed by atoms with Gasteiger partial charge in [-0.3, -0.25) is 4.79 Å². The number of aryl methyl sites for hydroxylation is 2. The maximum absolute atomic E-state index is 12.4. The number of rotatable bonds is 4. The largest absolute Gasteiger partial charge is 0.340 e. The molecule has 6 heteroatoms. The predicted molar refractivity (Wildman–Crippen MR) is 81.9 cm³/mol. The Kier molecular flexibility index (Phi) is 5.07. The second-order valence-electron chi connectivity index (χ2n) is 5.59. The summed E-state index contributed by atoms with van der Waals surface area (Å²) in [6, 6.07) is 0.273. The fourth-order valence-electron chi connectivity index (χ4n) is 2.87. The third-order valence-electron chi connectivity index (χ3n) is 3.80. The minimum atomic E-state index is 0.0994. The molecule has 0 radical (unpaired) electrons. The first kappa shape index (κ1) is 15.4. The van der Waals surface area contributed by atoms with Crippen molar-refractivity contribution in [2.24, 2.45) is 5.92 Å². The lowest BCUT2D eigenvalue weighted by Gasteiger charge is -2.34. The molecular weight excluding hydrogens is 272 g/mol. The molecule has 1 aromatic heterocycles. The van der Waals surface area contributed by atoms with E-state index in [9.17, 15) is 4.79 Å². The van der Waals surface area contributed by atoms with Crippen LogP contribution in [0.1, 0.15) is 37.5 Å². The Morgan fingerprint density at radius 3 is 2.85 bits per heavy atom. The summed E-state index contributed by atoms with van der Waals surface area (Å²) in [6.07, 6.45) is 4.16. The van der Waals surface area contributed by atoms with Gasteiger partial charge in [0.25, 0.3) is 0 Å². The molecule has 1 amide bonds. The van der Waals surface area contributed by atoms with Gasteiger partial charge in [-0.25, -0.2) is 9.67 Å².